The Bertz CT molecular complexity index is 259. The minimum atomic E-state index is -4.18. The average molecular weight is 285 g/mol. The van der Waals surface area contributed by atoms with Crippen LogP contribution in [0.15, 0.2) is 0 Å². The second-order valence-electron chi connectivity index (χ2n) is 4.81. The van der Waals surface area contributed by atoms with Crippen LogP contribution in [-0.2, 0) is 9.53 Å². The van der Waals surface area contributed by atoms with E-state index >= 15 is 0 Å². The Balaban J connectivity index is 3.68. The largest absolute Gasteiger partial charge is 0.481 e. The molecule has 114 valence electrons. The number of rotatable bonds is 10. The summed E-state index contributed by atoms with van der Waals surface area (Å²) in [6, 6.07) is 0. The van der Waals surface area contributed by atoms with Crippen LogP contribution in [-0.4, -0.2) is 37.0 Å². The number of carboxylic acids is 1. The van der Waals surface area contributed by atoms with Gasteiger partial charge in [-0.05, 0) is 31.2 Å². The van der Waals surface area contributed by atoms with E-state index < -0.39 is 18.6 Å². The number of aliphatic carboxylic acids is 1. The first-order valence-electron chi connectivity index (χ1n) is 6.31. The molecule has 0 spiro atoms. The topological polar surface area (TPSA) is 72.5 Å². The monoisotopic (exact) mass is 285 g/mol. The lowest BCUT2D eigenvalue weighted by atomic mass is 9.91. The summed E-state index contributed by atoms with van der Waals surface area (Å²) in [5.74, 6) is -0.800. The molecule has 2 atom stereocenters. The third-order valence-electron chi connectivity index (χ3n) is 2.82. The molecule has 0 radical (unpaired) electrons. The number of halogens is 3. The number of hydrogen-bond acceptors (Lipinski definition) is 3. The molecule has 0 heterocycles. The van der Waals surface area contributed by atoms with Gasteiger partial charge in [-0.2, -0.15) is 13.2 Å². The van der Waals surface area contributed by atoms with E-state index in [0.29, 0.717) is 19.4 Å². The van der Waals surface area contributed by atoms with Gasteiger partial charge in [0.05, 0.1) is 13.0 Å². The Morgan fingerprint density at radius 3 is 2.47 bits per heavy atom. The predicted molar refractivity (Wildman–Crippen MR) is 64.7 cm³/mol. The van der Waals surface area contributed by atoms with Gasteiger partial charge in [-0.3, -0.25) is 4.79 Å². The molecule has 0 saturated heterocycles. The highest BCUT2D eigenvalue weighted by Gasteiger charge is 2.26. The quantitative estimate of drug-likeness (QED) is 0.605. The van der Waals surface area contributed by atoms with E-state index in [4.69, 9.17) is 15.6 Å². The maximum absolute atomic E-state index is 11.8. The molecule has 0 aromatic rings. The summed E-state index contributed by atoms with van der Waals surface area (Å²) >= 11 is 0. The van der Waals surface area contributed by atoms with Crippen molar-refractivity contribution in [2.75, 3.05) is 19.8 Å². The SMILES string of the molecule is CC(CCOCCC(F)(F)F)C[C@H](CN)CC(=O)O. The molecule has 0 rings (SSSR count). The fraction of sp³-hybridized carbons (Fsp3) is 0.917. The first-order chi connectivity index (χ1) is 8.74. The van der Waals surface area contributed by atoms with Gasteiger partial charge in [0.2, 0.25) is 0 Å². The van der Waals surface area contributed by atoms with Crippen LogP contribution in [0.3, 0.4) is 0 Å². The van der Waals surface area contributed by atoms with Crippen molar-refractivity contribution in [3.05, 3.63) is 0 Å². The molecule has 0 aliphatic rings. The molecule has 0 aromatic carbocycles. The molecule has 1 unspecified atom stereocenters. The van der Waals surface area contributed by atoms with Gasteiger partial charge in [-0.1, -0.05) is 6.92 Å². The van der Waals surface area contributed by atoms with Gasteiger partial charge in [-0.25, -0.2) is 0 Å². The zero-order chi connectivity index (χ0) is 14.9. The highest BCUT2D eigenvalue weighted by Crippen LogP contribution is 2.20. The second-order valence-corrected chi connectivity index (χ2v) is 4.81. The maximum atomic E-state index is 11.8. The molecule has 19 heavy (non-hydrogen) atoms. The summed E-state index contributed by atoms with van der Waals surface area (Å²) in [4.78, 5) is 10.6. The number of alkyl halides is 3. The van der Waals surface area contributed by atoms with Crippen molar-refractivity contribution in [1.29, 1.82) is 0 Å². The van der Waals surface area contributed by atoms with Crippen molar-refractivity contribution in [3.8, 4) is 0 Å². The third kappa shape index (κ3) is 12.0. The van der Waals surface area contributed by atoms with Crippen LogP contribution in [0.5, 0.6) is 0 Å². The Hall–Kier alpha value is -0.820. The first-order valence-corrected chi connectivity index (χ1v) is 6.31. The van der Waals surface area contributed by atoms with Crippen LogP contribution in [0, 0.1) is 11.8 Å². The van der Waals surface area contributed by atoms with Crippen molar-refractivity contribution in [1.82, 2.24) is 0 Å². The first kappa shape index (κ1) is 18.2. The lowest BCUT2D eigenvalue weighted by Gasteiger charge is -2.18. The summed E-state index contributed by atoms with van der Waals surface area (Å²) in [5, 5.41) is 8.66. The van der Waals surface area contributed by atoms with Crippen molar-refractivity contribution < 1.29 is 27.8 Å². The minimum absolute atomic E-state index is 0.0236. The molecule has 0 amide bonds. The van der Waals surface area contributed by atoms with E-state index in [0.717, 1.165) is 0 Å². The molecule has 0 bridgehead atoms. The van der Waals surface area contributed by atoms with Gasteiger partial charge in [-0.15, -0.1) is 0 Å². The summed E-state index contributed by atoms with van der Waals surface area (Å²) in [5.41, 5.74) is 5.47. The van der Waals surface area contributed by atoms with Gasteiger partial charge in [0, 0.05) is 13.0 Å². The number of ether oxygens (including phenoxy) is 1. The standard InChI is InChI=1S/C12H22F3NO3/c1-9(6-10(8-16)7-11(17)18)2-4-19-5-3-12(13,14)15/h9-10H,2-8,16H2,1H3,(H,17,18)/t9?,10-/m0/s1. The van der Waals surface area contributed by atoms with Gasteiger partial charge >= 0.3 is 12.1 Å². The molecule has 0 aromatic heterocycles. The van der Waals surface area contributed by atoms with E-state index in [1.165, 1.54) is 0 Å². The third-order valence-corrected chi connectivity index (χ3v) is 2.82. The number of hydrogen-bond donors (Lipinski definition) is 2. The Morgan fingerprint density at radius 2 is 2.00 bits per heavy atom. The highest BCUT2D eigenvalue weighted by molar-refractivity contribution is 5.67. The fourth-order valence-corrected chi connectivity index (χ4v) is 1.77. The van der Waals surface area contributed by atoms with E-state index in [1.807, 2.05) is 6.92 Å². The van der Waals surface area contributed by atoms with Gasteiger partial charge in [0.15, 0.2) is 0 Å². The molecule has 0 saturated carbocycles. The van der Waals surface area contributed by atoms with E-state index in [2.05, 4.69) is 0 Å². The van der Waals surface area contributed by atoms with Crippen molar-refractivity contribution in [3.63, 3.8) is 0 Å². The van der Waals surface area contributed by atoms with Crippen LogP contribution >= 0.6 is 0 Å². The van der Waals surface area contributed by atoms with Crippen LogP contribution in [0.25, 0.3) is 0 Å². The van der Waals surface area contributed by atoms with Crippen LogP contribution in [0.1, 0.15) is 32.6 Å². The van der Waals surface area contributed by atoms with Crippen molar-refractivity contribution in [2.45, 2.75) is 38.8 Å². The van der Waals surface area contributed by atoms with Crippen molar-refractivity contribution >= 4 is 5.97 Å². The van der Waals surface area contributed by atoms with E-state index in [-0.39, 0.29) is 31.5 Å². The molecule has 4 nitrogen and oxygen atoms in total. The van der Waals surface area contributed by atoms with Crippen LogP contribution in [0.2, 0.25) is 0 Å². The van der Waals surface area contributed by atoms with E-state index in [9.17, 15) is 18.0 Å². The van der Waals surface area contributed by atoms with Gasteiger partial charge in [0.1, 0.15) is 0 Å². The van der Waals surface area contributed by atoms with Gasteiger partial charge in [0.25, 0.3) is 0 Å². The second kappa shape index (κ2) is 9.14. The number of carboxylic acid groups (broad SMARTS) is 1. The fourth-order valence-electron chi connectivity index (χ4n) is 1.77. The Labute approximate surface area is 111 Å². The highest BCUT2D eigenvalue weighted by atomic mass is 19.4. The normalized spacial score (nSPS) is 15.2. The average Bonchev–Trinajstić information content (AvgIpc) is 2.25. The lowest BCUT2D eigenvalue weighted by molar-refractivity contribution is -0.145. The summed E-state index contributed by atoms with van der Waals surface area (Å²) < 4.78 is 40.4. The summed E-state index contributed by atoms with van der Waals surface area (Å²) in [7, 11) is 0. The van der Waals surface area contributed by atoms with Crippen LogP contribution < -0.4 is 5.73 Å². The molecule has 0 aliphatic heterocycles. The zero-order valence-electron chi connectivity index (χ0n) is 11.1. The molecule has 7 heteroatoms. The number of carbonyl (C=O) groups is 1. The molecule has 0 fully saturated rings. The molecule has 3 N–H and O–H groups in total. The Morgan fingerprint density at radius 1 is 1.37 bits per heavy atom. The van der Waals surface area contributed by atoms with Crippen LogP contribution in [0.4, 0.5) is 13.2 Å². The smallest absolute Gasteiger partial charge is 0.391 e. The Kier molecular flexibility index (Phi) is 8.75. The van der Waals surface area contributed by atoms with Gasteiger partial charge < -0.3 is 15.6 Å². The minimum Gasteiger partial charge on any atom is -0.481 e. The molecular formula is C12H22F3NO3. The molecule has 0 aliphatic carbocycles. The zero-order valence-corrected chi connectivity index (χ0v) is 11.1. The number of nitrogens with two attached hydrogens (primary N) is 1. The maximum Gasteiger partial charge on any atom is 0.391 e. The van der Waals surface area contributed by atoms with Crippen molar-refractivity contribution in [2.24, 2.45) is 17.6 Å². The predicted octanol–water partition coefficient (Wildman–Crippen LogP) is 2.42. The summed E-state index contributed by atoms with van der Waals surface area (Å²) in [6.07, 6.45) is -3.85. The summed E-state index contributed by atoms with van der Waals surface area (Å²) in [6.45, 7) is 2.14. The lowest BCUT2D eigenvalue weighted by Crippen LogP contribution is -2.21. The molecular weight excluding hydrogens is 263 g/mol. The van der Waals surface area contributed by atoms with E-state index in [1.54, 1.807) is 0 Å².